The van der Waals surface area contributed by atoms with E-state index in [4.69, 9.17) is 0 Å². The van der Waals surface area contributed by atoms with Crippen molar-refractivity contribution in [2.45, 2.75) is 39.5 Å². The molecule has 2 aromatic rings. The Balaban J connectivity index is 2.40. The van der Waals surface area contributed by atoms with Crippen LogP contribution < -0.4 is 5.32 Å². The summed E-state index contributed by atoms with van der Waals surface area (Å²) in [5.74, 6) is 0. The van der Waals surface area contributed by atoms with Crippen molar-refractivity contribution in [3.05, 3.63) is 41.2 Å². The normalized spacial score (nSPS) is 12.1. The lowest BCUT2D eigenvalue weighted by atomic mass is 10.1. The van der Waals surface area contributed by atoms with Crippen molar-refractivity contribution >= 4 is 0 Å². The lowest BCUT2D eigenvalue weighted by Gasteiger charge is -2.14. The zero-order valence-corrected chi connectivity index (χ0v) is 12.1. The third-order valence-electron chi connectivity index (χ3n) is 3.08. The van der Waals surface area contributed by atoms with Crippen LogP contribution in [0.25, 0.3) is 5.69 Å². The van der Waals surface area contributed by atoms with Crippen LogP contribution in [0.3, 0.4) is 0 Å². The van der Waals surface area contributed by atoms with E-state index in [1.54, 1.807) is 13.1 Å². The van der Waals surface area contributed by atoms with E-state index in [-0.39, 0.29) is 6.04 Å². The first-order chi connectivity index (χ1) is 9.79. The summed E-state index contributed by atoms with van der Waals surface area (Å²) in [5.41, 5.74) is 1.12. The molecule has 0 amide bonds. The number of alkyl halides is 3. The van der Waals surface area contributed by atoms with Crippen molar-refractivity contribution in [2.75, 3.05) is 0 Å². The molecule has 0 atom stereocenters. The van der Waals surface area contributed by atoms with Crippen LogP contribution in [-0.2, 0) is 12.7 Å². The number of halogens is 3. The van der Waals surface area contributed by atoms with Crippen LogP contribution in [-0.4, -0.2) is 21.0 Å². The van der Waals surface area contributed by atoms with Crippen LogP contribution in [0.2, 0.25) is 0 Å². The zero-order chi connectivity index (χ0) is 15.6. The van der Waals surface area contributed by atoms with Gasteiger partial charge < -0.3 is 5.32 Å². The van der Waals surface area contributed by atoms with Crippen LogP contribution in [0, 0.1) is 6.92 Å². The van der Waals surface area contributed by atoms with Crippen LogP contribution in [0.1, 0.15) is 30.7 Å². The lowest BCUT2D eigenvalue weighted by Crippen LogP contribution is -2.23. The van der Waals surface area contributed by atoms with Gasteiger partial charge in [0.15, 0.2) is 0 Å². The number of hydrogen-bond donors (Lipinski definition) is 1. The highest BCUT2D eigenvalue weighted by atomic mass is 19.4. The quantitative estimate of drug-likeness (QED) is 0.943. The zero-order valence-electron chi connectivity index (χ0n) is 12.1. The number of aryl methyl sites for hydroxylation is 1. The molecule has 1 aromatic heterocycles. The molecule has 0 aliphatic carbocycles. The standard InChI is InChI=1S/C14H17F3N4/c1-9(2)18-7-12-8-19-20-21(12)13-6-11(14(15,16)17)5-4-10(13)3/h4-6,8-9,18H,7H2,1-3H3. The van der Waals surface area contributed by atoms with Gasteiger partial charge in [0, 0.05) is 12.6 Å². The van der Waals surface area contributed by atoms with Crippen molar-refractivity contribution in [1.29, 1.82) is 0 Å². The summed E-state index contributed by atoms with van der Waals surface area (Å²) in [6.07, 6.45) is -2.82. The molecule has 0 fully saturated rings. The molecule has 0 aliphatic rings. The Kier molecular flexibility index (Phi) is 4.32. The van der Waals surface area contributed by atoms with E-state index in [1.807, 2.05) is 13.8 Å². The maximum atomic E-state index is 12.8. The summed E-state index contributed by atoms with van der Waals surface area (Å²) in [7, 11) is 0. The second kappa shape index (κ2) is 5.85. The molecule has 7 heteroatoms. The van der Waals surface area contributed by atoms with Gasteiger partial charge in [-0.2, -0.15) is 13.2 Å². The first kappa shape index (κ1) is 15.5. The number of aromatic nitrogens is 3. The Morgan fingerprint density at radius 3 is 2.62 bits per heavy atom. The molecule has 0 aliphatic heterocycles. The SMILES string of the molecule is Cc1ccc(C(F)(F)F)cc1-n1nncc1CNC(C)C. The number of benzene rings is 1. The van der Waals surface area contributed by atoms with Gasteiger partial charge in [-0.05, 0) is 24.6 Å². The number of nitrogens with zero attached hydrogens (tertiary/aromatic N) is 3. The Morgan fingerprint density at radius 1 is 1.29 bits per heavy atom. The topological polar surface area (TPSA) is 42.7 Å². The molecule has 4 nitrogen and oxygen atoms in total. The molecule has 1 N–H and O–H groups in total. The van der Waals surface area contributed by atoms with Gasteiger partial charge in [0.25, 0.3) is 0 Å². The molecule has 1 heterocycles. The molecule has 21 heavy (non-hydrogen) atoms. The summed E-state index contributed by atoms with van der Waals surface area (Å²) in [5, 5.41) is 10.9. The molecule has 0 unspecified atom stereocenters. The Hall–Kier alpha value is -1.89. The van der Waals surface area contributed by atoms with Gasteiger partial charge in [-0.25, -0.2) is 4.68 Å². The van der Waals surface area contributed by atoms with E-state index in [0.29, 0.717) is 23.5 Å². The molecule has 2 rings (SSSR count). The average Bonchev–Trinajstić information content (AvgIpc) is 2.83. The second-order valence-electron chi connectivity index (χ2n) is 5.17. The fraction of sp³-hybridized carbons (Fsp3) is 0.429. The van der Waals surface area contributed by atoms with E-state index >= 15 is 0 Å². The highest BCUT2D eigenvalue weighted by Crippen LogP contribution is 2.31. The molecule has 114 valence electrons. The van der Waals surface area contributed by atoms with Crippen molar-refractivity contribution in [2.24, 2.45) is 0 Å². The van der Waals surface area contributed by atoms with Crippen molar-refractivity contribution in [1.82, 2.24) is 20.3 Å². The van der Waals surface area contributed by atoms with E-state index in [2.05, 4.69) is 15.6 Å². The molecular weight excluding hydrogens is 281 g/mol. The van der Waals surface area contributed by atoms with E-state index in [1.165, 1.54) is 10.7 Å². The molecule has 0 saturated heterocycles. The van der Waals surface area contributed by atoms with Gasteiger partial charge in [-0.1, -0.05) is 25.1 Å². The van der Waals surface area contributed by atoms with E-state index in [0.717, 1.165) is 12.1 Å². The predicted octanol–water partition coefficient (Wildman–Crippen LogP) is 3.09. The van der Waals surface area contributed by atoms with Crippen molar-refractivity contribution < 1.29 is 13.2 Å². The molecular formula is C14H17F3N4. The largest absolute Gasteiger partial charge is 0.416 e. The summed E-state index contributed by atoms with van der Waals surface area (Å²) in [6.45, 7) is 6.21. The van der Waals surface area contributed by atoms with Crippen LogP contribution in [0.4, 0.5) is 13.2 Å². The predicted molar refractivity (Wildman–Crippen MR) is 73.1 cm³/mol. The maximum absolute atomic E-state index is 12.8. The van der Waals surface area contributed by atoms with Gasteiger partial charge in [-0.15, -0.1) is 5.10 Å². The monoisotopic (exact) mass is 298 g/mol. The molecule has 1 aromatic carbocycles. The summed E-state index contributed by atoms with van der Waals surface area (Å²) in [4.78, 5) is 0. The summed E-state index contributed by atoms with van der Waals surface area (Å²) < 4.78 is 40.0. The van der Waals surface area contributed by atoms with Gasteiger partial charge in [0.05, 0.1) is 23.1 Å². The molecule has 0 saturated carbocycles. The summed E-state index contributed by atoms with van der Waals surface area (Å²) in [6, 6.07) is 3.88. The number of rotatable bonds is 4. The smallest absolute Gasteiger partial charge is 0.309 e. The Morgan fingerprint density at radius 2 is 2.00 bits per heavy atom. The molecule has 0 spiro atoms. The number of nitrogens with one attached hydrogen (secondary N) is 1. The molecule has 0 radical (unpaired) electrons. The summed E-state index contributed by atoms with van der Waals surface area (Å²) >= 11 is 0. The highest BCUT2D eigenvalue weighted by molar-refractivity contribution is 5.44. The van der Waals surface area contributed by atoms with E-state index in [9.17, 15) is 13.2 Å². The highest BCUT2D eigenvalue weighted by Gasteiger charge is 2.31. The van der Waals surface area contributed by atoms with Crippen LogP contribution >= 0.6 is 0 Å². The van der Waals surface area contributed by atoms with Crippen molar-refractivity contribution in [3.8, 4) is 5.69 Å². The van der Waals surface area contributed by atoms with Crippen molar-refractivity contribution in [3.63, 3.8) is 0 Å². The van der Waals surface area contributed by atoms with Crippen LogP contribution in [0.5, 0.6) is 0 Å². The third kappa shape index (κ3) is 3.60. The Bertz CT molecular complexity index is 617. The fourth-order valence-corrected chi connectivity index (χ4v) is 1.90. The van der Waals surface area contributed by atoms with Gasteiger partial charge in [0.1, 0.15) is 0 Å². The van der Waals surface area contributed by atoms with Gasteiger partial charge in [-0.3, -0.25) is 0 Å². The first-order valence-corrected chi connectivity index (χ1v) is 6.60. The minimum absolute atomic E-state index is 0.260. The number of hydrogen-bond acceptors (Lipinski definition) is 3. The molecule has 0 bridgehead atoms. The average molecular weight is 298 g/mol. The van der Waals surface area contributed by atoms with E-state index < -0.39 is 11.7 Å². The first-order valence-electron chi connectivity index (χ1n) is 6.60. The minimum atomic E-state index is -4.38. The Labute approximate surface area is 121 Å². The maximum Gasteiger partial charge on any atom is 0.416 e. The third-order valence-corrected chi connectivity index (χ3v) is 3.08. The van der Waals surface area contributed by atoms with Crippen LogP contribution in [0.15, 0.2) is 24.4 Å². The minimum Gasteiger partial charge on any atom is -0.309 e. The fourth-order valence-electron chi connectivity index (χ4n) is 1.90. The van der Waals surface area contributed by atoms with Gasteiger partial charge in [0.2, 0.25) is 0 Å². The second-order valence-corrected chi connectivity index (χ2v) is 5.17. The lowest BCUT2D eigenvalue weighted by molar-refractivity contribution is -0.137. The van der Waals surface area contributed by atoms with Gasteiger partial charge >= 0.3 is 6.18 Å².